The quantitative estimate of drug-likeness (QED) is 0.811. The van der Waals surface area contributed by atoms with Gasteiger partial charge >= 0.3 is 11.9 Å². The number of carbonyl (C=O) groups is 2. The van der Waals surface area contributed by atoms with Crippen LogP contribution < -0.4 is 0 Å². The van der Waals surface area contributed by atoms with E-state index in [-0.39, 0.29) is 17.8 Å². The molecule has 0 aromatic heterocycles. The van der Waals surface area contributed by atoms with E-state index in [1.54, 1.807) is 0 Å². The Labute approximate surface area is 108 Å². The van der Waals surface area contributed by atoms with Gasteiger partial charge in [0.15, 0.2) is 0 Å². The minimum absolute atomic E-state index is 0.0513. The number of hydrogen-bond donors (Lipinski definition) is 2. The van der Waals surface area contributed by atoms with E-state index in [2.05, 4.69) is 0 Å². The molecule has 4 heteroatoms. The van der Waals surface area contributed by atoms with Crippen LogP contribution in [0.3, 0.4) is 0 Å². The first kappa shape index (κ1) is 15.0. The van der Waals surface area contributed by atoms with Gasteiger partial charge in [0.05, 0.1) is 11.3 Å². The molecule has 104 valence electrons. The Morgan fingerprint density at radius 3 is 2.06 bits per heavy atom. The fourth-order valence-corrected chi connectivity index (χ4v) is 3.83. The van der Waals surface area contributed by atoms with Crippen LogP contribution in [-0.4, -0.2) is 22.2 Å². The summed E-state index contributed by atoms with van der Waals surface area (Å²) in [5.41, 5.74) is -0.893. The maximum atomic E-state index is 11.8. The average molecular weight is 256 g/mol. The van der Waals surface area contributed by atoms with Crippen LogP contribution in [0.15, 0.2) is 0 Å². The zero-order valence-electron chi connectivity index (χ0n) is 11.6. The molecule has 2 N–H and O–H groups in total. The summed E-state index contributed by atoms with van der Waals surface area (Å²) in [7, 11) is 0. The van der Waals surface area contributed by atoms with Crippen molar-refractivity contribution in [1.29, 1.82) is 0 Å². The van der Waals surface area contributed by atoms with Gasteiger partial charge in [-0.25, -0.2) is 0 Å². The molecule has 0 aromatic carbocycles. The van der Waals surface area contributed by atoms with Gasteiger partial charge in [-0.05, 0) is 30.6 Å². The van der Waals surface area contributed by atoms with Crippen molar-refractivity contribution >= 4 is 11.9 Å². The van der Waals surface area contributed by atoms with Crippen molar-refractivity contribution in [3.8, 4) is 0 Å². The second kappa shape index (κ2) is 5.29. The summed E-state index contributed by atoms with van der Waals surface area (Å²) in [5, 5.41) is 19.0. The molecule has 0 aromatic rings. The lowest BCUT2D eigenvalue weighted by atomic mass is 9.54. The van der Waals surface area contributed by atoms with Gasteiger partial charge in [0.1, 0.15) is 0 Å². The molecule has 1 fully saturated rings. The Kier molecular flexibility index (Phi) is 4.41. The Bertz CT molecular complexity index is 335. The predicted octanol–water partition coefficient (Wildman–Crippen LogP) is 2.87. The molecule has 0 heterocycles. The van der Waals surface area contributed by atoms with Crippen molar-refractivity contribution in [2.75, 3.05) is 0 Å². The van der Waals surface area contributed by atoms with Gasteiger partial charge in [0.2, 0.25) is 0 Å². The number of carboxylic acids is 2. The Morgan fingerprint density at radius 2 is 1.72 bits per heavy atom. The Hall–Kier alpha value is -1.06. The van der Waals surface area contributed by atoms with Gasteiger partial charge in [0, 0.05) is 0 Å². The summed E-state index contributed by atoms with van der Waals surface area (Å²) in [6.07, 6.45) is 1.87. The van der Waals surface area contributed by atoms with E-state index in [1.807, 2.05) is 27.7 Å². The first-order valence-electron chi connectivity index (χ1n) is 6.71. The molecular formula is C14H24O4. The summed E-state index contributed by atoms with van der Waals surface area (Å²) in [4.78, 5) is 23.2. The highest BCUT2D eigenvalue weighted by Crippen LogP contribution is 2.52. The third kappa shape index (κ3) is 2.25. The molecule has 3 atom stereocenters. The number of carboxylic acid groups (broad SMARTS) is 2. The number of aliphatic carboxylic acids is 2. The fraction of sp³-hybridized carbons (Fsp3) is 0.857. The molecule has 1 aliphatic rings. The maximum Gasteiger partial charge on any atom is 0.310 e. The lowest BCUT2D eigenvalue weighted by Gasteiger charge is -2.48. The molecule has 0 saturated heterocycles. The van der Waals surface area contributed by atoms with Crippen LogP contribution in [0.2, 0.25) is 0 Å². The average Bonchev–Trinajstić information content (AvgIpc) is 2.26. The SMILES string of the molecule is CC(C)C1C(C(=O)O)CCCC1(C(=O)O)C(C)C. The predicted molar refractivity (Wildman–Crippen MR) is 68.2 cm³/mol. The summed E-state index contributed by atoms with van der Waals surface area (Å²) in [6.45, 7) is 7.67. The summed E-state index contributed by atoms with van der Waals surface area (Å²) in [6, 6.07) is 0. The molecular weight excluding hydrogens is 232 g/mol. The standard InChI is InChI=1S/C14H24O4/c1-8(2)11-10(12(15)16)6-5-7-14(11,9(3)4)13(17)18/h8-11H,5-7H2,1-4H3,(H,15,16)(H,17,18). The molecule has 0 radical (unpaired) electrons. The van der Waals surface area contributed by atoms with Gasteiger partial charge in [-0.3, -0.25) is 9.59 Å². The molecule has 0 bridgehead atoms. The van der Waals surface area contributed by atoms with Gasteiger partial charge in [-0.15, -0.1) is 0 Å². The second-order valence-corrected chi connectivity index (χ2v) is 6.11. The Balaban J connectivity index is 3.29. The second-order valence-electron chi connectivity index (χ2n) is 6.11. The van der Waals surface area contributed by atoms with Crippen LogP contribution >= 0.6 is 0 Å². The van der Waals surface area contributed by atoms with Crippen molar-refractivity contribution in [1.82, 2.24) is 0 Å². The topological polar surface area (TPSA) is 74.6 Å². The molecule has 0 aliphatic heterocycles. The van der Waals surface area contributed by atoms with E-state index in [1.165, 1.54) is 0 Å². The van der Waals surface area contributed by atoms with Crippen LogP contribution in [0.1, 0.15) is 47.0 Å². The van der Waals surface area contributed by atoms with Gasteiger partial charge in [-0.2, -0.15) is 0 Å². The van der Waals surface area contributed by atoms with E-state index < -0.39 is 23.3 Å². The normalized spacial score (nSPS) is 32.8. The van der Waals surface area contributed by atoms with Crippen LogP contribution in [0.5, 0.6) is 0 Å². The van der Waals surface area contributed by atoms with E-state index >= 15 is 0 Å². The summed E-state index contributed by atoms with van der Waals surface area (Å²) < 4.78 is 0. The van der Waals surface area contributed by atoms with Crippen LogP contribution in [0.25, 0.3) is 0 Å². The summed E-state index contributed by atoms with van der Waals surface area (Å²) in [5.74, 6) is -2.49. The van der Waals surface area contributed by atoms with Crippen molar-refractivity contribution < 1.29 is 19.8 Å². The smallest absolute Gasteiger partial charge is 0.310 e. The lowest BCUT2D eigenvalue weighted by molar-refractivity contribution is -0.171. The lowest BCUT2D eigenvalue weighted by Crippen LogP contribution is -2.52. The monoisotopic (exact) mass is 256 g/mol. The first-order valence-corrected chi connectivity index (χ1v) is 6.71. The van der Waals surface area contributed by atoms with E-state index in [0.717, 1.165) is 0 Å². The van der Waals surface area contributed by atoms with Gasteiger partial charge < -0.3 is 10.2 Å². The highest BCUT2D eigenvalue weighted by atomic mass is 16.4. The van der Waals surface area contributed by atoms with Gasteiger partial charge in [0.25, 0.3) is 0 Å². The molecule has 1 aliphatic carbocycles. The van der Waals surface area contributed by atoms with Crippen molar-refractivity contribution in [3.05, 3.63) is 0 Å². The van der Waals surface area contributed by atoms with E-state index in [4.69, 9.17) is 0 Å². The highest BCUT2D eigenvalue weighted by molar-refractivity contribution is 5.78. The molecule has 1 saturated carbocycles. The van der Waals surface area contributed by atoms with Gasteiger partial charge in [-0.1, -0.05) is 34.1 Å². The molecule has 18 heavy (non-hydrogen) atoms. The minimum Gasteiger partial charge on any atom is -0.481 e. The third-order valence-corrected chi connectivity index (χ3v) is 4.60. The highest BCUT2D eigenvalue weighted by Gasteiger charge is 2.55. The molecule has 1 rings (SSSR count). The van der Waals surface area contributed by atoms with Crippen molar-refractivity contribution in [3.63, 3.8) is 0 Å². The van der Waals surface area contributed by atoms with Crippen LogP contribution in [0.4, 0.5) is 0 Å². The first-order chi connectivity index (χ1) is 8.25. The number of hydrogen-bond acceptors (Lipinski definition) is 2. The zero-order valence-corrected chi connectivity index (χ0v) is 11.6. The van der Waals surface area contributed by atoms with Crippen LogP contribution in [-0.2, 0) is 9.59 Å². The summed E-state index contributed by atoms with van der Waals surface area (Å²) >= 11 is 0. The van der Waals surface area contributed by atoms with Crippen LogP contribution in [0, 0.1) is 29.1 Å². The third-order valence-electron chi connectivity index (χ3n) is 4.60. The fourth-order valence-electron chi connectivity index (χ4n) is 3.83. The van der Waals surface area contributed by atoms with E-state index in [9.17, 15) is 19.8 Å². The Morgan fingerprint density at radius 1 is 1.17 bits per heavy atom. The molecule has 0 spiro atoms. The minimum atomic E-state index is -0.893. The van der Waals surface area contributed by atoms with Crippen molar-refractivity contribution in [2.45, 2.75) is 47.0 Å². The molecule has 4 nitrogen and oxygen atoms in total. The maximum absolute atomic E-state index is 11.8. The zero-order chi connectivity index (χ0) is 14.1. The van der Waals surface area contributed by atoms with Crippen molar-refractivity contribution in [2.24, 2.45) is 29.1 Å². The largest absolute Gasteiger partial charge is 0.481 e. The molecule has 0 amide bonds. The van der Waals surface area contributed by atoms with E-state index in [0.29, 0.717) is 19.3 Å². The molecule has 3 unspecified atom stereocenters. The number of rotatable bonds is 4.